The molecule has 0 radical (unpaired) electrons. The lowest BCUT2D eigenvalue weighted by atomic mass is 10.0. The van der Waals surface area contributed by atoms with Crippen LogP contribution < -0.4 is 0 Å². The largest absolute Gasteiger partial charge is 0.337 e. The molecule has 18 heavy (non-hydrogen) atoms. The quantitative estimate of drug-likeness (QED) is 0.503. The lowest BCUT2D eigenvalue weighted by Crippen LogP contribution is -2.04. The number of aromatic nitrogens is 2. The smallest absolute Gasteiger partial charge is 0.177 e. The summed E-state index contributed by atoms with van der Waals surface area (Å²) in [6.07, 6.45) is 8.70. The van der Waals surface area contributed by atoms with Crippen LogP contribution >= 0.6 is 12.2 Å². The first-order valence-corrected chi connectivity index (χ1v) is 7.71. The fourth-order valence-corrected chi connectivity index (χ4v) is 2.55. The molecule has 2 nitrogen and oxygen atoms in total. The molecule has 0 saturated carbocycles. The fourth-order valence-electron chi connectivity index (χ4n) is 2.29. The molecule has 0 aliphatic heterocycles. The van der Waals surface area contributed by atoms with Gasteiger partial charge < -0.3 is 9.55 Å². The normalized spacial score (nSPS) is 11.7. The van der Waals surface area contributed by atoms with Gasteiger partial charge in [-0.3, -0.25) is 0 Å². The van der Waals surface area contributed by atoms with Crippen LogP contribution in [0.1, 0.15) is 71.4 Å². The van der Waals surface area contributed by atoms with Crippen molar-refractivity contribution in [3.8, 4) is 0 Å². The molecule has 1 heterocycles. The van der Waals surface area contributed by atoms with E-state index in [2.05, 4.69) is 43.4 Å². The third-order valence-corrected chi connectivity index (χ3v) is 3.74. The summed E-state index contributed by atoms with van der Waals surface area (Å²) >= 11 is 5.33. The van der Waals surface area contributed by atoms with Crippen LogP contribution in [0.15, 0.2) is 6.20 Å². The number of hydrogen-bond donors (Lipinski definition) is 1. The van der Waals surface area contributed by atoms with E-state index in [-0.39, 0.29) is 0 Å². The third kappa shape index (κ3) is 4.97. The highest BCUT2D eigenvalue weighted by Gasteiger charge is 2.07. The van der Waals surface area contributed by atoms with Crippen molar-refractivity contribution < 1.29 is 0 Å². The molecule has 1 N–H and O–H groups in total. The van der Waals surface area contributed by atoms with Gasteiger partial charge in [0.2, 0.25) is 0 Å². The number of H-pyrrole nitrogens is 1. The number of unbranched alkanes of at least 4 members (excludes halogenated alkanes) is 3. The Labute approximate surface area is 117 Å². The molecule has 0 unspecified atom stereocenters. The van der Waals surface area contributed by atoms with Gasteiger partial charge in [0.1, 0.15) is 0 Å². The van der Waals surface area contributed by atoms with Gasteiger partial charge in [-0.25, -0.2) is 0 Å². The first-order chi connectivity index (χ1) is 8.52. The molecule has 0 spiro atoms. The highest BCUT2D eigenvalue weighted by molar-refractivity contribution is 7.71. The van der Waals surface area contributed by atoms with E-state index in [9.17, 15) is 0 Å². The number of hydrogen-bond acceptors (Lipinski definition) is 1. The van der Waals surface area contributed by atoms with Gasteiger partial charge in [0.15, 0.2) is 4.77 Å². The summed E-state index contributed by atoms with van der Waals surface area (Å²) in [5.74, 6) is 1.38. The summed E-state index contributed by atoms with van der Waals surface area (Å²) in [7, 11) is 0. The maximum atomic E-state index is 5.33. The summed E-state index contributed by atoms with van der Waals surface area (Å²) in [4.78, 5) is 3.16. The molecule has 0 bridgehead atoms. The number of rotatable bonds is 8. The molecule has 3 heteroatoms. The molecule has 0 saturated heterocycles. The predicted molar refractivity (Wildman–Crippen MR) is 81.6 cm³/mol. The van der Waals surface area contributed by atoms with E-state index in [4.69, 9.17) is 12.2 Å². The lowest BCUT2D eigenvalue weighted by Gasteiger charge is -2.11. The molecule has 1 aromatic heterocycles. The Morgan fingerprint density at radius 1 is 1.11 bits per heavy atom. The minimum Gasteiger partial charge on any atom is -0.337 e. The zero-order chi connectivity index (χ0) is 13.5. The molecule has 104 valence electrons. The number of aromatic amines is 1. The second kappa shape index (κ2) is 7.78. The summed E-state index contributed by atoms with van der Waals surface area (Å²) in [6.45, 7) is 10.1. The molecule has 1 rings (SSSR count). The van der Waals surface area contributed by atoms with Gasteiger partial charge in [0.05, 0.1) is 0 Å². The van der Waals surface area contributed by atoms with E-state index in [1.54, 1.807) is 0 Å². The Bertz CT molecular complexity index is 387. The maximum absolute atomic E-state index is 5.33. The van der Waals surface area contributed by atoms with Gasteiger partial charge in [-0.05, 0) is 30.5 Å². The Morgan fingerprint density at radius 2 is 1.78 bits per heavy atom. The van der Waals surface area contributed by atoms with Gasteiger partial charge >= 0.3 is 0 Å². The second-order valence-electron chi connectivity index (χ2n) is 5.92. The molecule has 0 aliphatic carbocycles. The van der Waals surface area contributed by atoms with Gasteiger partial charge in [-0.1, -0.05) is 53.4 Å². The van der Waals surface area contributed by atoms with Crippen LogP contribution in [0.4, 0.5) is 0 Å². The average molecular weight is 268 g/mol. The average Bonchev–Trinajstić information content (AvgIpc) is 2.65. The molecule has 0 fully saturated rings. The number of imidazole rings is 1. The Morgan fingerprint density at radius 3 is 2.39 bits per heavy atom. The van der Waals surface area contributed by atoms with E-state index in [0.717, 1.165) is 17.2 Å². The van der Waals surface area contributed by atoms with Crippen molar-refractivity contribution in [2.45, 2.75) is 72.3 Å². The minimum atomic E-state index is 0.541. The molecule has 0 amide bonds. The summed E-state index contributed by atoms with van der Waals surface area (Å²) < 4.78 is 3.14. The monoisotopic (exact) mass is 268 g/mol. The zero-order valence-corrected chi connectivity index (χ0v) is 13.1. The Hall–Kier alpha value is -0.570. The van der Waals surface area contributed by atoms with E-state index in [1.807, 2.05) is 0 Å². The number of nitrogens with zero attached hydrogens (tertiary/aromatic N) is 1. The predicted octanol–water partition coefficient (Wildman–Crippen LogP) is 5.28. The molecular formula is C15H28N2S. The molecule has 1 aromatic rings. The van der Waals surface area contributed by atoms with E-state index < -0.39 is 0 Å². The van der Waals surface area contributed by atoms with Crippen molar-refractivity contribution in [1.82, 2.24) is 9.55 Å². The summed E-state index contributed by atoms with van der Waals surface area (Å²) in [5.41, 5.74) is 1.34. The first kappa shape index (κ1) is 15.5. The topological polar surface area (TPSA) is 20.7 Å². The highest BCUT2D eigenvalue weighted by atomic mass is 32.1. The molecule has 0 aliphatic rings. The van der Waals surface area contributed by atoms with Gasteiger partial charge in [-0.15, -0.1) is 0 Å². The van der Waals surface area contributed by atoms with Crippen molar-refractivity contribution in [3.05, 3.63) is 16.7 Å². The highest BCUT2D eigenvalue weighted by Crippen LogP contribution is 2.16. The lowest BCUT2D eigenvalue weighted by molar-refractivity contribution is 0.499. The van der Waals surface area contributed by atoms with Crippen LogP contribution in [0, 0.1) is 10.7 Å². The van der Waals surface area contributed by atoms with Crippen molar-refractivity contribution in [2.75, 3.05) is 0 Å². The molecule has 0 aromatic carbocycles. The maximum Gasteiger partial charge on any atom is 0.177 e. The standard InChI is InChI=1S/C15H28N2S/c1-12(2)9-7-5-6-8-10-17-14(13(3)4)11-16-15(17)18/h11-13H,5-10H2,1-4H3,(H,16,18). The van der Waals surface area contributed by atoms with Crippen LogP contribution in [0.25, 0.3) is 0 Å². The van der Waals surface area contributed by atoms with Crippen molar-refractivity contribution in [1.29, 1.82) is 0 Å². The molecule has 0 atom stereocenters. The SMILES string of the molecule is CC(C)CCCCCCn1c(C(C)C)c[nH]c1=S. The summed E-state index contributed by atoms with van der Waals surface area (Å²) in [6, 6.07) is 0. The minimum absolute atomic E-state index is 0.541. The van der Waals surface area contributed by atoms with Gasteiger partial charge in [-0.2, -0.15) is 0 Å². The molecular weight excluding hydrogens is 240 g/mol. The van der Waals surface area contributed by atoms with Crippen molar-refractivity contribution >= 4 is 12.2 Å². The Kier molecular flexibility index (Phi) is 6.69. The van der Waals surface area contributed by atoms with Crippen LogP contribution in [0.2, 0.25) is 0 Å². The van der Waals surface area contributed by atoms with Gasteiger partial charge in [0.25, 0.3) is 0 Å². The van der Waals surface area contributed by atoms with Crippen LogP contribution in [-0.2, 0) is 6.54 Å². The van der Waals surface area contributed by atoms with Crippen LogP contribution in [0.3, 0.4) is 0 Å². The zero-order valence-electron chi connectivity index (χ0n) is 12.3. The fraction of sp³-hybridized carbons (Fsp3) is 0.800. The summed E-state index contributed by atoms with van der Waals surface area (Å²) in [5, 5.41) is 0. The van der Waals surface area contributed by atoms with Crippen LogP contribution in [0.5, 0.6) is 0 Å². The van der Waals surface area contributed by atoms with E-state index in [1.165, 1.54) is 37.8 Å². The van der Waals surface area contributed by atoms with Gasteiger partial charge in [0, 0.05) is 18.4 Å². The first-order valence-electron chi connectivity index (χ1n) is 7.30. The van der Waals surface area contributed by atoms with Crippen molar-refractivity contribution in [3.63, 3.8) is 0 Å². The third-order valence-electron chi connectivity index (χ3n) is 3.41. The van der Waals surface area contributed by atoms with E-state index >= 15 is 0 Å². The number of nitrogens with one attached hydrogen (secondary N) is 1. The van der Waals surface area contributed by atoms with Crippen molar-refractivity contribution in [2.24, 2.45) is 5.92 Å². The Balaban J connectivity index is 2.31. The van der Waals surface area contributed by atoms with E-state index in [0.29, 0.717) is 5.92 Å². The second-order valence-corrected chi connectivity index (χ2v) is 6.31. The van der Waals surface area contributed by atoms with Crippen LogP contribution in [-0.4, -0.2) is 9.55 Å².